The number of benzene rings is 1. The Balaban J connectivity index is 1.60. The molecule has 1 unspecified atom stereocenters. The van der Waals surface area contributed by atoms with Crippen molar-refractivity contribution in [1.82, 2.24) is 25.8 Å². The number of urea groups is 1. The molecule has 3 N–H and O–H groups in total. The number of thioether (sulfide) groups is 1. The number of ether oxygens (including phenoxy) is 1. The first kappa shape index (κ1) is 20.7. The number of carbonyl (C=O) groups is 2. The Labute approximate surface area is 180 Å². The van der Waals surface area contributed by atoms with Gasteiger partial charge in [0.25, 0.3) is 0 Å². The van der Waals surface area contributed by atoms with Gasteiger partial charge in [0.1, 0.15) is 17.6 Å². The first-order chi connectivity index (χ1) is 15.1. The zero-order chi connectivity index (χ0) is 21.8. The lowest BCUT2D eigenvalue weighted by Crippen LogP contribution is -2.46. The Kier molecular flexibility index (Phi) is 6.03. The average molecular weight is 443 g/mol. The molecule has 11 heteroatoms. The van der Waals surface area contributed by atoms with Crippen LogP contribution in [-0.2, 0) is 9.53 Å². The number of hydrogen-bond acceptors (Lipinski definition) is 7. The van der Waals surface area contributed by atoms with Crippen molar-refractivity contribution in [3.8, 4) is 11.4 Å². The first-order valence-corrected chi connectivity index (χ1v) is 10.4. The Morgan fingerprint density at radius 3 is 2.87 bits per heavy atom. The number of aromatic nitrogens is 3. The maximum atomic E-state index is 14.0. The lowest BCUT2D eigenvalue weighted by molar-refractivity contribution is -0.139. The summed E-state index contributed by atoms with van der Waals surface area (Å²) in [5.41, 5.74) is 0.876. The van der Waals surface area contributed by atoms with Gasteiger partial charge in [-0.25, -0.2) is 19.0 Å². The third-order valence-corrected chi connectivity index (χ3v) is 5.29. The molecule has 0 fully saturated rings. The number of carbonyl (C=O) groups excluding carboxylic acids is 2. The number of aromatic amines is 1. The van der Waals surface area contributed by atoms with Crippen molar-refractivity contribution in [2.24, 2.45) is 0 Å². The molecule has 3 heterocycles. The van der Waals surface area contributed by atoms with Gasteiger partial charge >= 0.3 is 12.0 Å². The van der Waals surface area contributed by atoms with Gasteiger partial charge in [0.2, 0.25) is 5.16 Å². The third-order valence-electron chi connectivity index (χ3n) is 4.42. The largest absolute Gasteiger partial charge is 0.467 e. The van der Waals surface area contributed by atoms with Gasteiger partial charge in [-0.2, -0.15) is 0 Å². The Morgan fingerprint density at radius 1 is 1.29 bits per heavy atom. The predicted octanol–water partition coefficient (Wildman–Crippen LogP) is 3.17. The summed E-state index contributed by atoms with van der Waals surface area (Å²) >= 11 is 1.17. The fraction of sp³-hybridized carbons (Fsp3) is 0.200. The number of nitrogens with zero attached hydrogens (tertiary/aromatic N) is 2. The maximum Gasteiger partial charge on any atom is 0.338 e. The summed E-state index contributed by atoms with van der Waals surface area (Å²) in [6.07, 6.45) is 1.46. The number of halogens is 1. The summed E-state index contributed by atoms with van der Waals surface area (Å²) in [6, 6.07) is 8.26. The number of esters is 1. The van der Waals surface area contributed by atoms with Crippen LogP contribution in [0, 0.1) is 5.82 Å². The van der Waals surface area contributed by atoms with Gasteiger partial charge < -0.3 is 19.8 Å². The van der Waals surface area contributed by atoms with Crippen LogP contribution in [0.2, 0.25) is 0 Å². The Morgan fingerprint density at radius 2 is 2.13 bits per heavy atom. The smallest absolute Gasteiger partial charge is 0.338 e. The highest BCUT2D eigenvalue weighted by Crippen LogP contribution is 2.30. The molecule has 9 nitrogen and oxygen atoms in total. The second kappa shape index (κ2) is 9.04. The minimum Gasteiger partial charge on any atom is -0.467 e. The van der Waals surface area contributed by atoms with Crippen LogP contribution in [0.25, 0.3) is 11.4 Å². The molecule has 160 valence electrons. The Bertz CT molecular complexity index is 1130. The van der Waals surface area contributed by atoms with Crippen molar-refractivity contribution in [2.45, 2.75) is 18.1 Å². The van der Waals surface area contributed by atoms with Crippen molar-refractivity contribution in [3.05, 3.63) is 65.5 Å². The number of amides is 2. The minimum absolute atomic E-state index is 0.174. The van der Waals surface area contributed by atoms with Crippen molar-refractivity contribution < 1.29 is 23.1 Å². The molecule has 0 saturated heterocycles. The topological polar surface area (TPSA) is 122 Å². The van der Waals surface area contributed by atoms with Crippen LogP contribution in [-0.4, -0.2) is 39.5 Å². The minimum atomic E-state index is -0.792. The van der Waals surface area contributed by atoms with E-state index in [9.17, 15) is 14.0 Å². The van der Waals surface area contributed by atoms with E-state index in [-0.39, 0.29) is 23.8 Å². The summed E-state index contributed by atoms with van der Waals surface area (Å²) in [6.45, 7) is 1.87. The van der Waals surface area contributed by atoms with E-state index in [4.69, 9.17) is 9.15 Å². The van der Waals surface area contributed by atoms with Gasteiger partial charge in [-0.3, -0.25) is 5.10 Å². The van der Waals surface area contributed by atoms with E-state index in [1.165, 1.54) is 24.1 Å². The van der Waals surface area contributed by atoms with E-state index in [0.29, 0.717) is 22.2 Å². The first-order valence-electron chi connectivity index (χ1n) is 9.38. The quantitative estimate of drug-likeness (QED) is 0.379. The molecule has 2 amide bonds. The Hall–Kier alpha value is -3.60. The molecule has 1 atom stereocenters. The van der Waals surface area contributed by atoms with Crippen molar-refractivity contribution in [2.75, 3.05) is 12.4 Å². The number of hydrogen-bond donors (Lipinski definition) is 3. The molecule has 0 saturated carbocycles. The predicted molar refractivity (Wildman–Crippen MR) is 109 cm³/mol. The summed E-state index contributed by atoms with van der Waals surface area (Å²) in [5, 5.41) is 12.5. The molecular formula is C20H18FN5O4S. The molecular weight excluding hydrogens is 425 g/mol. The molecule has 2 aromatic heterocycles. The molecule has 0 spiro atoms. The van der Waals surface area contributed by atoms with Gasteiger partial charge in [0.05, 0.1) is 24.0 Å². The fourth-order valence-electron chi connectivity index (χ4n) is 3.07. The van der Waals surface area contributed by atoms with Gasteiger partial charge in [-0.05, 0) is 31.2 Å². The van der Waals surface area contributed by atoms with Crippen LogP contribution in [0.1, 0.15) is 18.7 Å². The van der Waals surface area contributed by atoms with Gasteiger partial charge in [0, 0.05) is 11.4 Å². The van der Waals surface area contributed by atoms with Crippen LogP contribution in [0.15, 0.2) is 63.5 Å². The number of rotatable bonds is 7. The summed E-state index contributed by atoms with van der Waals surface area (Å²) in [5.74, 6) is -0.139. The second-order valence-corrected chi connectivity index (χ2v) is 7.34. The van der Waals surface area contributed by atoms with Crippen LogP contribution < -0.4 is 10.6 Å². The molecule has 1 aliphatic heterocycles. The lowest BCUT2D eigenvalue weighted by Gasteiger charge is -2.27. The van der Waals surface area contributed by atoms with E-state index in [1.807, 2.05) is 0 Å². The van der Waals surface area contributed by atoms with Gasteiger partial charge in [-0.1, -0.05) is 23.9 Å². The van der Waals surface area contributed by atoms with E-state index in [2.05, 4.69) is 25.8 Å². The maximum absolute atomic E-state index is 14.0. The van der Waals surface area contributed by atoms with Crippen molar-refractivity contribution in [1.29, 1.82) is 0 Å². The third kappa shape index (κ3) is 4.45. The van der Waals surface area contributed by atoms with E-state index in [1.54, 1.807) is 37.3 Å². The lowest BCUT2D eigenvalue weighted by atomic mass is 10.0. The molecule has 31 heavy (non-hydrogen) atoms. The standard InChI is InChI=1S/C20H18FN5O4S/c1-2-29-18(27)15-13(22-19(28)23-16(15)14-8-5-9-30-14)10-31-20-24-17(25-26-20)11-6-3-4-7-12(11)21/h3-9,16H,2,10H2,1H3,(H2,22,23,28)(H,24,25,26). The summed E-state index contributed by atoms with van der Waals surface area (Å²) in [4.78, 5) is 29.2. The molecule has 0 bridgehead atoms. The van der Waals surface area contributed by atoms with Crippen molar-refractivity contribution in [3.63, 3.8) is 0 Å². The van der Waals surface area contributed by atoms with Crippen LogP contribution in [0.4, 0.5) is 9.18 Å². The molecule has 0 radical (unpaired) electrons. The highest BCUT2D eigenvalue weighted by molar-refractivity contribution is 7.99. The molecule has 4 rings (SSSR count). The van der Waals surface area contributed by atoms with E-state index >= 15 is 0 Å². The van der Waals surface area contributed by atoms with Crippen LogP contribution in [0.5, 0.6) is 0 Å². The summed E-state index contributed by atoms with van der Waals surface area (Å²) < 4.78 is 24.6. The van der Waals surface area contributed by atoms with Crippen molar-refractivity contribution >= 4 is 23.8 Å². The highest BCUT2D eigenvalue weighted by Gasteiger charge is 2.35. The number of furan rings is 1. The zero-order valence-corrected chi connectivity index (χ0v) is 17.2. The van der Waals surface area contributed by atoms with Crippen LogP contribution in [0.3, 0.4) is 0 Å². The molecule has 1 aromatic carbocycles. The SMILES string of the molecule is CCOC(=O)C1=C(CSc2n[nH]c(-c3ccccc3F)n2)NC(=O)NC1c1ccco1. The normalized spacial score (nSPS) is 16.1. The number of H-pyrrole nitrogens is 1. The monoisotopic (exact) mass is 443 g/mol. The van der Waals surface area contributed by atoms with Crippen LogP contribution >= 0.6 is 11.8 Å². The van der Waals surface area contributed by atoms with E-state index < -0.39 is 23.9 Å². The van der Waals surface area contributed by atoms with Gasteiger partial charge in [0.15, 0.2) is 5.82 Å². The zero-order valence-electron chi connectivity index (χ0n) is 16.3. The molecule has 0 aliphatic carbocycles. The highest BCUT2D eigenvalue weighted by atomic mass is 32.2. The van der Waals surface area contributed by atoms with Gasteiger partial charge in [-0.15, -0.1) is 5.10 Å². The van der Waals surface area contributed by atoms with E-state index in [0.717, 1.165) is 0 Å². The number of nitrogens with one attached hydrogen (secondary N) is 3. The summed E-state index contributed by atoms with van der Waals surface area (Å²) in [7, 11) is 0. The second-order valence-electron chi connectivity index (χ2n) is 6.39. The average Bonchev–Trinajstić information content (AvgIpc) is 3.44. The fourth-order valence-corrected chi connectivity index (χ4v) is 3.84. The molecule has 3 aromatic rings. The molecule has 1 aliphatic rings.